The molecular weight excluding hydrogens is 332 g/mol. The number of para-hydroxylation sites is 1. The van der Waals surface area contributed by atoms with E-state index in [4.69, 9.17) is 12.2 Å². The van der Waals surface area contributed by atoms with Gasteiger partial charge in [0.2, 0.25) is 0 Å². The lowest BCUT2D eigenvalue weighted by molar-refractivity contribution is -0.127. The minimum absolute atomic E-state index is 0.0745. The molecule has 0 aliphatic carbocycles. The zero-order valence-corrected chi connectivity index (χ0v) is 14.3. The quantitative estimate of drug-likeness (QED) is 0.368. The first kappa shape index (κ1) is 16.8. The Bertz CT molecular complexity index is 860. The third kappa shape index (κ3) is 3.27. The molecule has 0 unspecified atom stereocenters. The van der Waals surface area contributed by atoms with Crippen LogP contribution in [0.4, 0.5) is 5.69 Å². The van der Waals surface area contributed by atoms with Crippen molar-refractivity contribution in [3.05, 3.63) is 84.5 Å². The second-order valence-corrected chi connectivity index (χ2v) is 5.80. The molecule has 1 aliphatic heterocycles. The number of amides is 2. The molecule has 2 aromatic carbocycles. The summed E-state index contributed by atoms with van der Waals surface area (Å²) < 4.78 is 0. The van der Waals surface area contributed by atoms with Crippen LogP contribution < -0.4 is 4.90 Å². The van der Waals surface area contributed by atoms with Crippen molar-refractivity contribution in [2.75, 3.05) is 11.4 Å². The number of carbonyl (C=O) groups is 2. The molecule has 1 heterocycles. The molecule has 3 rings (SSSR count). The molecule has 0 N–H and O–H groups in total. The highest BCUT2D eigenvalue weighted by molar-refractivity contribution is 7.80. The predicted molar refractivity (Wildman–Crippen MR) is 103 cm³/mol. The van der Waals surface area contributed by atoms with Crippen LogP contribution in [0.2, 0.25) is 0 Å². The lowest BCUT2D eigenvalue weighted by Gasteiger charge is -2.36. The van der Waals surface area contributed by atoms with E-state index >= 15 is 0 Å². The topological polar surface area (TPSA) is 40.6 Å². The fourth-order valence-electron chi connectivity index (χ4n) is 2.59. The van der Waals surface area contributed by atoms with Gasteiger partial charge in [0.05, 0.1) is 5.69 Å². The molecule has 1 fully saturated rings. The molecule has 1 aliphatic rings. The van der Waals surface area contributed by atoms with Crippen LogP contribution in [0.1, 0.15) is 5.56 Å². The fourth-order valence-corrected chi connectivity index (χ4v) is 2.93. The molecule has 0 saturated carbocycles. The number of hydrogen-bond donors (Lipinski definition) is 0. The van der Waals surface area contributed by atoms with Crippen LogP contribution in [0.15, 0.2) is 78.9 Å². The molecule has 2 amide bonds. The molecule has 2 aromatic rings. The Morgan fingerprint density at radius 2 is 1.52 bits per heavy atom. The third-order valence-electron chi connectivity index (χ3n) is 3.77. The summed E-state index contributed by atoms with van der Waals surface area (Å²) in [5, 5.41) is 0.159. The number of rotatable bonds is 4. The summed E-state index contributed by atoms with van der Waals surface area (Å²) in [5.74, 6) is -0.837. The average molecular weight is 348 g/mol. The zero-order valence-electron chi connectivity index (χ0n) is 13.5. The summed E-state index contributed by atoms with van der Waals surface area (Å²) in [5.41, 5.74) is 1.47. The summed E-state index contributed by atoms with van der Waals surface area (Å²) in [4.78, 5) is 28.6. The zero-order chi connectivity index (χ0) is 17.8. The van der Waals surface area contributed by atoms with Crippen LogP contribution >= 0.6 is 12.2 Å². The second kappa shape index (κ2) is 7.23. The minimum atomic E-state index is -0.426. The lowest BCUT2D eigenvalue weighted by Crippen LogP contribution is -2.56. The van der Waals surface area contributed by atoms with Gasteiger partial charge in [0, 0.05) is 6.54 Å². The van der Waals surface area contributed by atoms with Gasteiger partial charge in [-0.25, -0.2) is 0 Å². The van der Waals surface area contributed by atoms with Crippen LogP contribution in [-0.4, -0.2) is 28.4 Å². The maximum Gasteiger partial charge on any atom is 0.270 e. The van der Waals surface area contributed by atoms with E-state index < -0.39 is 11.8 Å². The van der Waals surface area contributed by atoms with Crippen molar-refractivity contribution in [1.29, 1.82) is 0 Å². The highest BCUT2D eigenvalue weighted by Gasteiger charge is 2.39. The highest BCUT2D eigenvalue weighted by atomic mass is 32.1. The average Bonchev–Trinajstić information content (AvgIpc) is 2.64. The van der Waals surface area contributed by atoms with Crippen molar-refractivity contribution in [2.45, 2.75) is 0 Å². The summed E-state index contributed by atoms with van der Waals surface area (Å²) in [6.45, 7) is 3.91. The molecule has 0 aromatic heterocycles. The van der Waals surface area contributed by atoms with Gasteiger partial charge in [-0.1, -0.05) is 54.6 Å². The van der Waals surface area contributed by atoms with Gasteiger partial charge in [-0.2, -0.15) is 0 Å². The van der Waals surface area contributed by atoms with Crippen LogP contribution in [0.5, 0.6) is 0 Å². The van der Waals surface area contributed by atoms with E-state index in [0.717, 1.165) is 5.56 Å². The normalized spacial score (nSPS) is 16.5. The van der Waals surface area contributed by atoms with Crippen molar-refractivity contribution < 1.29 is 9.59 Å². The Morgan fingerprint density at radius 3 is 2.12 bits per heavy atom. The van der Waals surface area contributed by atoms with E-state index in [0.29, 0.717) is 5.69 Å². The number of nitrogens with zero attached hydrogens (tertiary/aromatic N) is 2. The van der Waals surface area contributed by atoms with Crippen molar-refractivity contribution in [1.82, 2.24) is 4.90 Å². The van der Waals surface area contributed by atoms with E-state index in [2.05, 4.69) is 6.58 Å². The number of carbonyl (C=O) groups excluding carboxylic acids is 2. The minimum Gasteiger partial charge on any atom is -0.280 e. The van der Waals surface area contributed by atoms with Crippen LogP contribution in [0.3, 0.4) is 0 Å². The maximum absolute atomic E-state index is 13.0. The van der Waals surface area contributed by atoms with Crippen LogP contribution in [-0.2, 0) is 9.59 Å². The first-order chi connectivity index (χ1) is 12.1. The maximum atomic E-state index is 13.0. The van der Waals surface area contributed by atoms with Crippen molar-refractivity contribution >= 4 is 40.9 Å². The summed E-state index contributed by atoms with van der Waals surface area (Å²) >= 11 is 5.40. The molecule has 4 nitrogen and oxygen atoms in total. The van der Waals surface area contributed by atoms with E-state index in [1.54, 1.807) is 24.3 Å². The first-order valence-electron chi connectivity index (χ1n) is 7.76. The van der Waals surface area contributed by atoms with Crippen molar-refractivity contribution in [2.24, 2.45) is 0 Å². The van der Waals surface area contributed by atoms with Gasteiger partial charge in [-0.15, -0.1) is 6.58 Å². The molecule has 25 heavy (non-hydrogen) atoms. The largest absolute Gasteiger partial charge is 0.280 e. The molecule has 0 atom stereocenters. The first-order valence-corrected chi connectivity index (χ1v) is 8.17. The summed E-state index contributed by atoms with van der Waals surface area (Å²) in [6, 6.07) is 18.3. The van der Waals surface area contributed by atoms with E-state index in [-0.39, 0.29) is 17.2 Å². The van der Waals surface area contributed by atoms with E-state index in [1.807, 2.05) is 48.5 Å². The molecule has 0 bridgehead atoms. The third-order valence-corrected chi connectivity index (χ3v) is 4.17. The highest BCUT2D eigenvalue weighted by Crippen LogP contribution is 2.25. The monoisotopic (exact) mass is 348 g/mol. The number of anilines is 1. The van der Waals surface area contributed by atoms with Gasteiger partial charge in [0.1, 0.15) is 5.57 Å². The van der Waals surface area contributed by atoms with Gasteiger partial charge < -0.3 is 0 Å². The van der Waals surface area contributed by atoms with Gasteiger partial charge in [-0.05, 0) is 36.0 Å². The van der Waals surface area contributed by atoms with E-state index in [1.165, 1.54) is 9.80 Å². The molecule has 0 radical (unpaired) electrons. The molecule has 1 saturated heterocycles. The van der Waals surface area contributed by atoms with Gasteiger partial charge >= 0.3 is 0 Å². The van der Waals surface area contributed by atoms with Crippen molar-refractivity contribution in [3.63, 3.8) is 0 Å². The Morgan fingerprint density at radius 1 is 0.920 bits per heavy atom. The Kier molecular flexibility index (Phi) is 4.86. The Hall–Kier alpha value is -3.05. The Balaban J connectivity index is 2.10. The fraction of sp³-hybridized carbons (Fsp3) is 0.0500. The van der Waals surface area contributed by atoms with Gasteiger partial charge in [0.25, 0.3) is 11.8 Å². The standard InChI is InChI=1S/C20H16N2O2S/c1-2-13-21-18(23)17(14-15-9-5-3-6-10-15)19(24)22(20(21)25)16-11-7-4-8-12-16/h2-12,14H,1,13H2/b17-14+. The molecule has 124 valence electrons. The Labute approximate surface area is 151 Å². The second-order valence-electron chi connectivity index (χ2n) is 5.43. The van der Waals surface area contributed by atoms with Crippen molar-refractivity contribution in [3.8, 4) is 0 Å². The van der Waals surface area contributed by atoms with Crippen LogP contribution in [0.25, 0.3) is 6.08 Å². The SMILES string of the molecule is C=CCN1C(=O)/C(=C\c2ccccc2)C(=O)N(c2ccccc2)C1=S. The van der Waals surface area contributed by atoms with Gasteiger partial charge in [0.15, 0.2) is 5.11 Å². The van der Waals surface area contributed by atoms with Crippen LogP contribution in [0, 0.1) is 0 Å². The number of hydrogen-bond acceptors (Lipinski definition) is 3. The van der Waals surface area contributed by atoms with E-state index in [9.17, 15) is 9.59 Å². The summed E-state index contributed by atoms with van der Waals surface area (Å²) in [6.07, 6.45) is 3.18. The summed E-state index contributed by atoms with van der Waals surface area (Å²) in [7, 11) is 0. The molecule has 5 heteroatoms. The predicted octanol–water partition coefficient (Wildman–Crippen LogP) is 3.42. The lowest BCUT2D eigenvalue weighted by atomic mass is 10.1. The molecular formula is C20H16N2O2S. The number of benzene rings is 2. The van der Waals surface area contributed by atoms with Gasteiger partial charge in [-0.3, -0.25) is 19.4 Å². The number of thiocarbonyl (C=S) groups is 1. The molecule has 0 spiro atoms. The smallest absolute Gasteiger partial charge is 0.270 e.